The van der Waals surface area contributed by atoms with Crippen molar-refractivity contribution in [3.05, 3.63) is 0 Å². The summed E-state index contributed by atoms with van der Waals surface area (Å²) in [5.74, 6) is -0.556. The van der Waals surface area contributed by atoms with Gasteiger partial charge in [-0.05, 0) is 31.6 Å². The largest absolute Gasteiger partial charge is 0.480 e. The fourth-order valence-electron chi connectivity index (χ4n) is 3.14. The molecule has 1 heterocycles. The lowest BCUT2D eigenvalue weighted by Gasteiger charge is -2.36. The average molecular weight is 268 g/mol. The van der Waals surface area contributed by atoms with Crippen LogP contribution < -0.4 is 5.32 Å². The van der Waals surface area contributed by atoms with E-state index < -0.39 is 12.0 Å². The summed E-state index contributed by atoms with van der Waals surface area (Å²) in [4.78, 5) is 25.0. The second-order valence-electron chi connectivity index (χ2n) is 5.93. The molecule has 1 saturated heterocycles. The van der Waals surface area contributed by atoms with Gasteiger partial charge >= 0.3 is 5.97 Å². The highest BCUT2D eigenvalue weighted by Crippen LogP contribution is 2.23. The highest BCUT2D eigenvalue weighted by molar-refractivity contribution is 5.85. The molecule has 2 rings (SSSR count). The summed E-state index contributed by atoms with van der Waals surface area (Å²) in [7, 11) is 0. The number of hydrogen-bond donors (Lipinski definition) is 2. The summed E-state index contributed by atoms with van der Waals surface area (Å²) in [5.41, 5.74) is 0. The maximum Gasteiger partial charge on any atom is 0.326 e. The number of carboxylic acid groups (broad SMARTS) is 1. The SMILES string of the molecule is CC1CCN(C(=O)CNC2CCCC2)C(C(=O)O)C1. The van der Waals surface area contributed by atoms with Gasteiger partial charge in [-0.15, -0.1) is 0 Å². The summed E-state index contributed by atoms with van der Waals surface area (Å²) in [6.45, 7) is 2.90. The number of carbonyl (C=O) groups excluding carboxylic acids is 1. The van der Waals surface area contributed by atoms with Gasteiger partial charge in [-0.3, -0.25) is 4.79 Å². The van der Waals surface area contributed by atoms with Gasteiger partial charge in [-0.1, -0.05) is 19.8 Å². The Labute approximate surface area is 114 Å². The van der Waals surface area contributed by atoms with Crippen LogP contribution in [-0.4, -0.2) is 47.1 Å². The molecule has 0 aromatic rings. The molecule has 5 nitrogen and oxygen atoms in total. The second-order valence-corrected chi connectivity index (χ2v) is 5.93. The summed E-state index contributed by atoms with van der Waals surface area (Å²) in [6.07, 6.45) is 6.19. The Bertz CT molecular complexity index is 340. The molecule has 1 aliphatic carbocycles. The van der Waals surface area contributed by atoms with Crippen molar-refractivity contribution in [1.29, 1.82) is 0 Å². The Hall–Kier alpha value is -1.10. The van der Waals surface area contributed by atoms with Gasteiger partial charge in [-0.25, -0.2) is 4.79 Å². The van der Waals surface area contributed by atoms with Crippen molar-refractivity contribution in [3.63, 3.8) is 0 Å². The molecule has 0 aromatic carbocycles. The molecule has 108 valence electrons. The van der Waals surface area contributed by atoms with Gasteiger partial charge in [0.25, 0.3) is 0 Å². The van der Waals surface area contributed by atoms with E-state index in [1.807, 2.05) is 0 Å². The average Bonchev–Trinajstić information content (AvgIpc) is 2.88. The van der Waals surface area contributed by atoms with Gasteiger partial charge < -0.3 is 15.3 Å². The zero-order valence-electron chi connectivity index (χ0n) is 11.6. The molecule has 2 atom stereocenters. The molecule has 1 aliphatic heterocycles. The molecule has 1 amide bonds. The lowest BCUT2D eigenvalue weighted by molar-refractivity contribution is -0.152. The monoisotopic (exact) mass is 268 g/mol. The minimum absolute atomic E-state index is 0.0637. The van der Waals surface area contributed by atoms with E-state index in [1.54, 1.807) is 4.90 Å². The smallest absolute Gasteiger partial charge is 0.326 e. The number of rotatable bonds is 4. The highest BCUT2D eigenvalue weighted by Gasteiger charge is 2.34. The van der Waals surface area contributed by atoms with Gasteiger partial charge in [0, 0.05) is 12.6 Å². The number of amides is 1. The number of carboxylic acids is 1. The predicted molar refractivity (Wildman–Crippen MR) is 71.8 cm³/mol. The fourth-order valence-corrected chi connectivity index (χ4v) is 3.14. The first-order valence-corrected chi connectivity index (χ1v) is 7.33. The topological polar surface area (TPSA) is 69.6 Å². The van der Waals surface area contributed by atoms with Crippen LogP contribution in [0.15, 0.2) is 0 Å². The van der Waals surface area contributed by atoms with Crippen LogP contribution in [-0.2, 0) is 9.59 Å². The number of piperidine rings is 1. The third-order valence-electron chi connectivity index (χ3n) is 4.37. The van der Waals surface area contributed by atoms with E-state index in [2.05, 4.69) is 12.2 Å². The maximum atomic E-state index is 12.2. The molecule has 19 heavy (non-hydrogen) atoms. The zero-order chi connectivity index (χ0) is 13.8. The van der Waals surface area contributed by atoms with Crippen LogP contribution in [0.1, 0.15) is 45.4 Å². The first kappa shape index (κ1) is 14.3. The first-order valence-electron chi connectivity index (χ1n) is 7.33. The van der Waals surface area contributed by atoms with Crippen LogP contribution in [0.5, 0.6) is 0 Å². The van der Waals surface area contributed by atoms with Crippen LogP contribution >= 0.6 is 0 Å². The molecule has 2 fully saturated rings. The highest BCUT2D eigenvalue weighted by atomic mass is 16.4. The van der Waals surface area contributed by atoms with Crippen LogP contribution in [0, 0.1) is 5.92 Å². The Morgan fingerprint density at radius 2 is 1.95 bits per heavy atom. The summed E-state index contributed by atoms with van der Waals surface area (Å²) >= 11 is 0. The van der Waals surface area contributed by atoms with Crippen molar-refractivity contribution in [1.82, 2.24) is 10.2 Å². The normalized spacial score (nSPS) is 28.6. The first-order chi connectivity index (χ1) is 9.08. The van der Waals surface area contributed by atoms with E-state index in [1.165, 1.54) is 12.8 Å². The molecular weight excluding hydrogens is 244 g/mol. The molecule has 0 aromatic heterocycles. The summed E-state index contributed by atoms with van der Waals surface area (Å²) in [6, 6.07) is -0.197. The molecule has 0 radical (unpaired) electrons. The van der Waals surface area contributed by atoms with Crippen molar-refractivity contribution in [3.8, 4) is 0 Å². The molecule has 2 aliphatic rings. The Morgan fingerprint density at radius 1 is 1.26 bits per heavy atom. The summed E-state index contributed by atoms with van der Waals surface area (Å²) < 4.78 is 0. The Balaban J connectivity index is 1.86. The van der Waals surface area contributed by atoms with Crippen molar-refractivity contribution in [2.24, 2.45) is 5.92 Å². The predicted octanol–water partition coefficient (Wildman–Crippen LogP) is 1.23. The minimum Gasteiger partial charge on any atom is -0.480 e. The molecular formula is C14H24N2O3. The van der Waals surface area contributed by atoms with Crippen LogP contribution in [0.4, 0.5) is 0 Å². The number of likely N-dealkylation sites (tertiary alicyclic amines) is 1. The van der Waals surface area contributed by atoms with E-state index in [0.717, 1.165) is 19.3 Å². The minimum atomic E-state index is -0.874. The molecule has 5 heteroatoms. The van der Waals surface area contributed by atoms with Crippen molar-refractivity contribution in [2.75, 3.05) is 13.1 Å². The van der Waals surface area contributed by atoms with Crippen molar-refractivity contribution >= 4 is 11.9 Å². The fraction of sp³-hybridized carbons (Fsp3) is 0.857. The van der Waals surface area contributed by atoms with Gasteiger partial charge in [-0.2, -0.15) is 0 Å². The van der Waals surface area contributed by atoms with Gasteiger partial charge in [0.05, 0.1) is 6.54 Å². The number of carbonyl (C=O) groups is 2. The van der Waals surface area contributed by atoms with E-state index in [-0.39, 0.29) is 12.5 Å². The van der Waals surface area contributed by atoms with Gasteiger partial charge in [0.15, 0.2) is 0 Å². The number of aliphatic carboxylic acids is 1. The molecule has 1 saturated carbocycles. The maximum absolute atomic E-state index is 12.2. The second kappa shape index (κ2) is 6.37. The molecule has 0 bridgehead atoms. The van der Waals surface area contributed by atoms with E-state index in [0.29, 0.717) is 24.9 Å². The Morgan fingerprint density at radius 3 is 2.58 bits per heavy atom. The number of nitrogens with zero attached hydrogens (tertiary/aromatic N) is 1. The Kier molecular flexibility index (Phi) is 4.80. The van der Waals surface area contributed by atoms with E-state index in [4.69, 9.17) is 0 Å². The van der Waals surface area contributed by atoms with E-state index >= 15 is 0 Å². The standard InChI is InChI=1S/C14H24N2O3/c1-10-6-7-16(12(8-10)14(18)19)13(17)9-15-11-4-2-3-5-11/h10-12,15H,2-9H2,1H3,(H,18,19). The van der Waals surface area contributed by atoms with Gasteiger partial charge in [0.1, 0.15) is 6.04 Å². The van der Waals surface area contributed by atoms with Gasteiger partial charge in [0.2, 0.25) is 5.91 Å². The third-order valence-corrected chi connectivity index (χ3v) is 4.37. The van der Waals surface area contributed by atoms with Crippen molar-refractivity contribution < 1.29 is 14.7 Å². The molecule has 0 spiro atoms. The number of nitrogens with one attached hydrogen (secondary N) is 1. The number of hydrogen-bond acceptors (Lipinski definition) is 3. The summed E-state index contributed by atoms with van der Waals surface area (Å²) in [5, 5.41) is 12.5. The van der Waals surface area contributed by atoms with Crippen molar-refractivity contribution in [2.45, 2.75) is 57.5 Å². The zero-order valence-corrected chi connectivity index (χ0v) is 11.6. The van der Waals surface area contributed by atoms with Crippen LogP contribution in [0.3, 0.4) is 0 Å². The lowest BCUT2D eigenvalue weighted by Crippen LogP contribution is -2.52. The third kappa shape index (κ3) is 3.69. The van der Waals surface area contributed by atoms with Crippen LogP contribution in [0.2, 0.25) is 0 Å². The lowest BCUT2D eigenvalue weighted by atomic mass is 9.92. The van der Waals surface area contributed by atoms with E-state index in [9.17, 15) is 14.7 Å². The van der Waals surface area contributed by atoms with Crippen LogP contribution in [0.25, 0.3) is 0 Å². The molecule has 2 N–H and O–H groups in total. The molecule has 2 unspecified atom stereocenters. The quantitative estimate of drug-likeness (QED) is 0.804.